The van der Waals surface area contributed by atoms with Crippen molar-refractivity contribution in [1.82, 2.24) is 10.2 Å². The first-order chi connectivity index (χ1) is 9.07. The number of hydrogen-bond donors (Lipinski definition) is 2. The lowest BCUT2D eigenvalue weighted by molar-refractivity contribution is -0.151. The highest BCUT2D eigenvalue weighted by Gasteiger charge is 2.40. The van der Waals surface area contributed by atoms with Gasteiger partial charge in [0.05, 0.1) is 12.1 Å². The van der Waals surface area contributed by atoms with Gasteiger partial charge in [-0.15, -0.1) is 0 Å². The van der Waals surface area contributed by atoms with Crippen LogP contribution >= 0.6 is 0 Å². The fourth-order valence-electron chi connectivity index (χ4n) is 2.44. The van der Waals surface area contributed by atoms with Crippen LogP contribution in [0.2, 0.25) is 0 Å². The molecule has 1 saturated carbocycles. The summed E-state index contributed by atoms with van der Waals surface area (Å²) in [5.41, 5.74) is 4.46. The van der Waals surface area contributed by atoms with Crippen LogP contribution in [-0.4, -0.2) is 47.7 Å². The third-order valence-corrected chi connectivity index (χ3v) is 3.76. The Morgan fingerprint density at radius 3 is 2.35 bits per heavy atom. The van der Waals surface area contributed by atoms with E-state index >= 15 is 0 Å². The number of nitrogens with zero attached hydrogens (tertiary/aromatic N) is 1. The van der Waals surface area contributed by atoms with E-state index < -0.39 is 24.2 Å². The number of carbonyl (C=O) groups excluding carboxylic acids is 1. The van der Waals surface area contributed by atoms with E-state index in [4.69, 9.17) is 5.73 Å². The van der Waals surface area contributed by atoms with Crippen molar-refractivity contribution < 1.29 is 18.0 Å². The van der Waals surface area contributed by atoms with Gasteiger partial charge in [0.2, 0.25) is 5.91 Å². The largest absolute Gasteiger partial charge is 0.401 e. The molecule has 0 aromatic heterocycles. The predicted octanol–water partition coefficient (Wildman–Crippen LogP) is 1.65. The number of hydrogen-bond acceptors (Lipinski definition) is 3. The van der Waals surface area contributed by atoms with Gasteiger partial charge in [-0.1, -0.05) is 6.92 Å². The van der Waals surface area contributed by atoms with Crippen LogP contribution in [0.5, 0.6) is 0 Å². The number of nitrogens with two attached hydrogens (primary N) is 1. The topological polar surface area (TPSA) is 58.4 Å². The molecule has 0 saturated heterocycles. The van der Waals surface area contributed by atoms with Gasteiger partial charge in [0.1, 0.15) is 0 Å². The lowest BCUT2D eigenvalue weighted by atomic mass is 9.91. The van der Waals surface area contributed by atoms with Gasteiger partial charge in [-0.2, -0.15) is 13.2 Å². The Balaban J connectivity index is 2.67. The van der Waals surface area contributed by atoms with E-state index in [0.29, 0.717) is 0 Å². The van der Waals surface area contributed by atoms with Crippen molar-refractivity contribution in [3.63, 3.8) is 0 Å². The molecule has 0 aromatic rings. The minimum Gasteiger partial charge on any atom is -0.368 e. The molecule has 2 unspecified atom stereocenters. The highest BCUT2D eigenvalue weighted by molar-refractivity contribution is 5.84. The summed E-state index contributed by atoms with van der Waals surface area (Å²) >= 11 is 0. The van der Waals surface area contributed by atoms with Gasteiger partial charge < -0.3 is 11.1 Å². The predicted molar refractivity (Wildman–Crippen MR) is 71.1 cm³/mol. The zero-order chi connectivity index (χ0) is 15.6. The summed E-state index contributed by atoms with van der Waals surface area (Å²) in [6.45, 7) is 4.36. The molecule has 1 fully saturated rings. The summed E-state index contributed by atoms with van der Waals surface area (Å²) < 4.78 is 37.5. The number of primary amides is 1. The van der Waals surface area contributed by atoms with Crippen molar-refractivity contribution in [3.05, 3.63) is 0 Å². The Morgan fingerprint density at radius 1 is 1.45 bits per heavy atom. The summed E-state index contributed by atoms with van der Waals surface area (Å²) in [5, 5.41) is 3.16. The molecule has 1 aliphatic rings. The van der Waals surface area contributed by atoms with Gasteiger partial charge in [-0.05, 0) is 39.7 Å². The Labute approximate surface area is 117 Å². The first-order valence-corrected chi connectivity index (χ1v) is 6.96. The summed E-state index contributed by atoms with van der Waals surface area (Å²) in [7, 11) is 0. The average Bonchev–Trinajstić information content (AvgIpc) is 3.07. The molecule has 4 nitrogen and oxygen atoms in total. The number of amides is 1. The van der Waals surface area contributed by atoms with Crippen molar-refractivity contribution in [2.75, 3.05) is 13.1 Å². The lowest BCUT2D eigenvalue weighted by Gasteiger charge is -2.36. The van der Waals surface area contributed by atoms with Gasteiger partial charge in [0, 0.05) is 12.1 Å². The number of rotatable bonds is 8. The van der Waals surface area contributed by atoms with E-state index in [1.165, 1.54) is 4.90 Å². The molecule has 0 radical (unpaired) electrons. The minimum atomic E-state index is -4.24. The molecule has 0 spiro atoms. The van der Waals surface area contributed by atoms with Crippen molar-refractivity contribution in [3.8, 4) is 0 Å². The van der Waals surface area contributed by atoms with Crippen molar-refractivity contribution in [2.45, 2.75) is 63.8 Å². The molecule has 20 heavy (non-hydrogen) atoms. The van der Waals surface area contributed by atoms with Gasteiger partial charge in [0.15, 0.2) is 0 Å². The van der Waals surface area contributed by atoms with Crippen molar-refractivity contribution in [1.29, 1.82) is 0 Å². The fraction of sp³-hybridized carbons (Fsp3) is 0.923. The van der Waals surface area contributed by atoms with Crippen LogP contribution in [0, 0.1) is 0 Å². The van der Waals surface area contributed by atoms with Crippen LogP contribution in [-0.2, 0) is 4.79 Å². The van der Waals surface area contributed by atoms with Crippen LogP contribution in [0.15, 0.2) is 0 Å². The van der Waals surface area contributed by atoms with E-state index in [2.05, 4.69) is 5.32 Å². The second kappa shape index (κ2) is 6.30. The molecule has 0 aliphatic heterocycles. The quantitative estimate of drug-likeness (QED) is 0.716. The van der Waals surface area contributed by atoms with Crippen molar-refractivity contribution >= 4 is 5.91 Å². The SMILES string of the molecule is CCN(CC(F)(F)F)C(C)CC(C)(NC1CC1)C(N)=O. The van der Waals surface area contributed by atoms with Gasteiger partial charge in [0.25, 0.3) is 0 Å². The summed E-state index contributed by atoms with van der Waals surface area (Å²) in [4.78, 5) is 13.0. The van der Waals surface area contributed by atoms with Crippen LogP contribution in [0.25, 0.3) is 0 Å². The summed E-state index contributed by atoms with van der Waals surface area (Å²) in [6.07, 6.45) is -2.01. The highest BCUT2D eigenvalue weighted by atomic mass is 19.4. The van der Waals surface area contributed by atoms with Gasteiger partial charge >= 0.3 is 6.18 Å². The van der Waals surface area contributed by atoms with E-state index in [1.807, 2.05) is 0 Å². The number of nitrogens with one attached hydrogen (secondary N) is 1. The second-order valence-corrected chi connectivity index (χ2v) is 5.85. The number of halogens is 3. The minimum absolute atomic E-state index is 0.261. The fourth-order valence-corrected chi connectivity index (χ4v) is 2.44. The van der Waals surface area contributed by atoms with E-state index in [0.717, 1.165) is 12.8 Å². The lowest BCUT2D eigenvalue weighted by Crippen LogP contribution is -2.57. The van der Waals surface area contributed by atoms with E-state index in [1.54, 1.807) is 20.8 Å². The van der Waals surface area contributed by atoms with Gasteiger partial charge in [-0.3, -0.25) is 9.69 Å². The zero-order valence-electron chi connectivity index (χ0n) is 12.3. The van der Waals surface area contributed by atoms with Crippen LogP contribution < -0.4 is 11.1 Å². The maximum Gasteiger partial charge on any atom is 0.401 e. The van der Waals surface area contributed by atoms with E-state index in [-0.39, 0.29) is 25.0 Å². The number of carbonyl (C=O) groups is 1. The first-order valence-electron chi connectivity index (χ1n) is 6.96. The third kappa shape index (κ3) is 5.28. The second-order valence-electron chi connectivity index (χ2n) is 5.85. The Bertz CT molecular complexity index is 344. The molecule has 1 aliphatic carbocycles. The first kappa shape index (κ1) is 17.2. The molecule has 3 N–H and O–H groups in total. The van der Waals surface area contributed by atoms with Crippen molar-refractivity contribution in [2.24, 2.45) is 5.73 Å². The zero-order valence-corrected chi connectivity index (χ0v) is 12.3. The maximum absolute atomic E-state index is 12.5. The highest BCUT2D eigenvalue weighted by Crippen LogP contribution is 2.26. The van der Waals surface area contributed by atoms with Gasteiger partial charge in [-0.25, -0.2) is 0 Å². The normalized spacial score (nSPS) is 20.8. The monoisotopic (exact) mass is 295 g/mol. The Morgan fingerprint density at radius 2 is 2.00 bits per heavy atom. The molecule has 7 heteroatoms. The standard InChI is InChI=1S/C13H24F3N3O/c1-4-19(8-13(14,15)16)9(2)7-12(3,11(17)20)18-10-5-6-10/h9-10,18H,4-8H2,1-3H3,(H2,17,20). The number of alkyl halides is 3. The Kier molecular flexibility index (Phi) is 5.43. The average molecular weight is 295 g/mol. The molecule has 1 rings (SSSR count). The molecular formula is C13H24F3N3O. The summed E-state index contributed by atoms with van der Waals surface area (Å²) in [5.74, 6) is -0.515. The molecular weight excluding hydrogens is 271 g/mol. The molecule has 0 bridgehead atoms. The Hall–Kier alpha value is -0.820. The third-order valence-electron chi connectivity index (χ3n) is 3.76. The molecule has 0 aromatic carbocycles. The molecule has 2 atom stereocenters. The smallest absolute Gasteiger partial charge is 0.368 e. The van der Waals surface area contributed by atoms with Crippen LogP contribution in [0.4, 0.5) is 13.2 Å². The molecule has 1 amide bonds. The van der Waals surface area contributed by atoms with Crippen LogP contribution in [0.1, 0.15) is 40.0 Å². The summed E-state index contributed by atoms with van der Waals surface area (Å²) in [6, 6.07) is -0.122. The van der Waals surface area contributed by atoms with E-state index in [9.17, 15) is 18.0 Å². The molecule has 0 heterocycles. The molecule has 118 valence electrons. The van der Waals surface area contributed by atoms with Crippen LogP contribution in [0.3, 0.4) is 0 Å². The maximum atomic E-state index is 12.5.